The third-order valence-electron chi connectivity index (χ3n) is 4.66. The number of aromatic nitrogens is 4. The zero-order chi connectivity index (χ0) is 21.4. The van der Waals surface area contributed by atoms with Gasteiger partial charge in [-0.05, 0) is 31.2 Å². The van der Waals surface area contributed by atoms with Crippen molar-refractivity contribution in [2.45, 2.75) is 13.5 Å². The van der Waals surface area contributed by atoms with Gasteiger partial charge in [0.05, 0.1) is 11.0 Å². The Morgan fingerprint density at radius 2 is 1.87 bits per heavy atom. The molecule has 0 bridgehead atoms. The third kappa shape index (κ3) is 3.41. The Hall–Kier alpha value is -4.01. The van der Waals surface area contributed by atoms with Crippen molar-refractivity contribution in [2.75, 3.05) is 24.3 Å². The normalized spacial score (nSPS) is 11.0. The van der Waals surface area contributed by atoms with Gasteiger partial charge in [-0.3, -0.25) is 9.59 Å². The van der Waals surface area contributed by atoms with Crippen LogP contribution in [-0.2, 0) is 11.3 Å². The van der Waals surface area contributed by atoms with Crippen molar-refractivity contribution in [3.8, 4) is 0 Å². The predicted octanol–water partition coefficient (Wildman–Crippen LogP) is 1.95. The number of nitrogens with zero attached hydrogens (tertiary/aromatic N) is 5. The summed E-state index contributed by atoms with van der Waals surface area (Å²) < 4.78 is 2.57. The molecule has 2 heterocycles. The Bertz CT molecular complexity index is 1350. The highest BCUT2D eigenvalue weighted by Crippen LogP contribution is 2.20. The number of carbonyl (C=O) groups is 2. The largest absolute Gasteiger partial charge is 0.360 e. The first-order chi connectivity index (χ1) is 14.3. The van der Waals surface area contributed by atoms with Crippen molar-refractivity contribution >= 4 is 39.9 Å². The number of fused-ring (bicyclic) bond motifs is 3. The van der Waals surface area contributed by atoms with Crippen LogP contribution in [0, 0.1) is 0 Å². The molecule has 9 heteroatoms. The summed E-state index contributed by atoms with van der Waals surface area (Å²) in [6.07, 6.45) is 0. The van der Waals surface area contributed by atoms with Crippen LogP contribution in [0.3, 0.4) is 0 Å². The highest BCUT2D eigenvalue weighted by molar-refractivity contribution is 5.97. The summed E-state index contributed by atoms with van der Waals surface area (Å²) in [5.74, 6) is 0.00209. The van der Waals surface area contributed by atoms with Crippen LogP contribution < -0.4 is 15.9 Å². The summed E-state index contributed by atoms with van der Waals surface area (Å²) in [7, 11) is 3.63. The third-order valence-corrected chi connectivity index (χ3v) is 4.66. The molecule has 4 aromatic rings. The summed E-state index contributed by atoms with van der Waals surface area (Å²) in [5.41, 5.74) is 2.18. The van der Waals surface area contributed by atoms with Crippen LogP contribution in [0.4, 0.5) is 11.5 Å². The molecule has 0 atom stereocenters. The molecular formula is C21H20N6O3. The molecule has 2 aromatic heterocycles. The molecule has 0 saturated carbocycles. The lowest BCUT2D eigenvalue weighted by Gasteiger charge is -2.12. The molecule has 0 aliphatic heterocycles. The average Bonchev–Trinajstić information content (AvgIpc) is 3.03. The molecule has 30 heavy (non-hydrogen) atoms. The molecule has 0 aliphatic carbocycles. The lowest BCUT2D eigenvalue weighted by molar-refractivity contribution is -0.117. The maximum absolute atomic E-state index is 13.0. The fraction of sp³-hybridized carbons (Fsp3) is 0.190. The van der Waals surface area contributed by atoms with Gasteiger partial charge < -0.3 is 10.2 Å². The minimum atomic E-state index is -0.431. The highest BCUT2D eigenvalue weighted by Gasteiger charge is 2.18. The van der Waals surface area contributed by atoms with Crippen molar-refractivity contribution < 1.29 is 9.59 Å². The maximum atomic E-state index is 13.0. The number of para-hydroxylation sites is 2. The number of carbonyl (C=O) groups excluding carboxylic acids is 2. The van der Waals surface area contributed by atoms with Gasteiger partial charge in [-0.15, -0.1) is 5.10 Å². The van der Waals surface area contributed by atoms with Gasteiger partial charge in [0, 0.05) is 25.3 Å². The summed E-state index contributed by atoms with van der Waals surface area (Å²) in [6, 6.07) is 13.9. The number of hydrogen-bond donors (Lipinski definition) is 1. The van der Waals surface area contributed by atoms with Gasteiger partial charge in [0.2, 0.25) is 11.6 Å². The average molecular weight is 404 g/mol. The van der Waals surface area contributed by atoms with Crippen LogP contribution in [-0.4, -0.2) is 45.0 Å². The van der Waals surface area contributed by atoms with Crippen LogP contribution in [0.2, 0.25) is 0 Å². The SMILES string of the molecule is CC(=O)c1cccc(NC(=O)Cn2nc3c(N(C)C)nc4ccccc4n3c2=O)c1. The second kappa shape index (κ2) is 7.43. The van der Waals surface area contributed by atoms with Gasteiger partial charge in [0.25, 0.3) is 0 Å². The molecule has 0 saturated heterocycles. The molecule has 152 valence electrons. The lowest BCUT2D eigenvalue weighted by atomic mass is 10.1. The van der Waals surface area contributed by atoms with E-state index in [1.54, 1.807) is 35.2 Å². The first-order valence-corrected chi connectivity index (χ1v) is 9.31. The van der Waals surface area contributed by atoms with E-state index in [-0.39, 0.29) is 12.3 Å². The Kier molecular flexibility index (Phi) is 4.78. The minimum Gasteiger partial charge on any atom is -0.360 e. The molecule has 0 radical (unpaired) electrons. The van der Waals surface area contributed by atoms with Crippen molar-refractivity contribution in [2.24, 2.45) is 0 Å². The number of amides is 1. The van der Waals surface area contributed by atoms with E-state index < -0.39 is 11.6 Å². The van der Waals surface area contributed by atoms with Gasteiger partial charge in [-0.25, -0.2) is 18.9 Å². The molecule has 2 aromatic carbocycles. The Balaban J connectivity index is 1.72. The molecule has 0 fully saturated rings. The summed E-state index contributed by atoms with van der Waals surface area (Å²) >= 11 is 0. The molecular weight excluding hydrogens is 384 g/mol. The smallest absolute Gasteiger partial charge is 0.351 e. The van der Waals surface area contributed by atoms with E-state index >= 15 is 0 Å². The Labute approximate surface area is 171 Å². The monoisotopic (exact) mass is 404 g/mol. The summed E-state index contributed by atoms with van der Waals surface area (Å²) in [4.78, 5) is 43.5. The molecule has 0 spiro atoms. The second-order valence-electron chi connectivity index (χ2n) is 7.10. The molecule has 9 nitrogen and oxygen atoms in total. The van der Waals surface area contributed by atoms with Gasteiger partial charge in [0.1, 0.15) is 6.54 Å². The molecule has 4 rings (SSSR count). The number of anilines is 2. The van der Waals surface area contributed by atoms with E-state index in [9.17, 15) is 14.4 Å². The number of rotatable bonds is 5. The van der Waals surface area contributed by atoms with Crippen molar-refractivity contribution in [1.82, 2.24) is 19.2 Å². The van der Waals surface area contributed by atoms with Gasteiger partial charge in [-0.2, -0.15) is 0 Å². The van der Waals surface area contributed by atoms with E-state index in [1.807, 2.05) is 32.3 Å². The number of benzene rings is 2. The quantitative estimate of drug-likeness (QED) is 0.510. The first-order valence-electron chi connectivity index (χ1n) is 9.31. The molecule has 0 unspecified atom stereocenters. The van der Waals surface area contributed by atoms with E-state index in [4.69, 9.17) is 0 Å². The van der Waals surface area contributed by atoms with Crippen LogP contribution in [0.1, 0.15) is 17.3 Å². The van der Waals surface area contributed by atoms with E-state index in [2.05, 4.69) is 15.4 Å². The van der Waals surface area contributed by atoms with Crippen LogP contribution >= 0.6 is 0 Å². The predicted molar refractivity (Wildman–Crippen MR) is 114 cm³/mol. The second-order valence-corrected chi connectivity index (χ2v) is 7.10. The number of Topliss-reactive ketones (excluding diaryl/α,β-unsaturated/α-hetero) is 1. The fourth-order valence-electron chi connectivity index (χ4n) is 3.24. The van der Waals surface area contributed by atoms with E-state index in [1.165, 1.54) is 11.3 Å². The Morgan fingerprint density at radius 3 is 2.60 bits per heavy atom. The first kappa shape index (κ1) is 19.3. The van der Waals surface area contributed by atoms with Gasteiger partial charge in [0.15, 0.2) is 11.6 Å². The molecule has 1 amide bonds. The van der Waals surface area contributed by atoms with Crippen molar-refractivity contribution in [3.63, 3.8) is 0 Å². The number of hydrogen-bond acceptors (Lipinski definition) is 6. The van der Waals surface area contributed by atoms with E-state index in [0.717, 1.165) is 4.68 Å². The van der Waals surface area contributed by atoms with Crippen LogP contribution in [0.15, 0.2) is 53.3 Å². The summed E-state index contributed by atoms with van der Waals surface area (Å²) in [6.45, 7) is 1.18. The summed E-state index contributed by atoms with van der Waals surface area (Å²) in [5, 5.41) is 7.06. The van der Waals surface area contributed by atoms with E-state index in [0.29, 0.717) is 33.7 Å². The fourth-order valence-corrected chi connectivity index (χ4v) is 3.24. The zero-order valence-electron chi connectivity index (χ0n) is 16.8. The molecule has 0 aliphatic rings. The van der Waals surface area contributed by atoms with Crippen LogP contribution in [0.5, 0.6) is 0 Å². The van der Waals surface area contributed by atoms with Gasteiger partial charge in [-0.1, -0.05) is 24.3 Å². The van der Waals surface area contributed by atoms with Crippen LogP contribution in [0.25, 0.3) is 16.7 Å². The zero-order valence-corrected chi connectivity index (χ0v) is 16.8. The van der Waals surface area contributed by atoms with Crippen molar-refractivity contribution in [3.05, 3.63) is 64.6 Å². The minimum absolute atomic E-state index is 0.0988. The maximum Gasteiger partial charge on any atom is 0.351 e. The van der Waals surface area contributed by atoms with Crippen molar-refractivity contribution in [1.29, 1.82) is 0 Å². The van der Waals surface area contributed by atoms with Gasteiger partial charge >= 0.3 is 5.69 Å². The standard InChI is InChI=1S/C21H20N6O3/c1-13(28)14-7-6-8-15(11-14)22-18(29)12-26-21(30)27-17-10-5-4-9-16(17)23-19(25(2)3)20(27)24-26/h4-11H,12H2,1-3H3,(H,22,29). The Morgan fingerprint density at radius 1 is 1.10 bits per heavy atom. The number of nitrogens with one attached hydrogen (secondary N) is 1. The topological polar surface area (TPSA) is 102 Å². The molecule has 1 N–H and O–H groups in total. The highest BCUT2D eigenvalue weighted by atomic mass is 16.2. The lowest BCUT2D eigenvalue weighted by Crippen LogP contribution is -2.28. The number of ketones is 1.